The number of carbonyl (C=O) groups is 1. The molecule has 3 nitrogen and oxygen atoms in total. The second-order valence-electron chi connectivity index (χ2n) is 3.02. The molecule has 5 heteroatoms. The van der Waals surface area contributed by atoms with Crippen LogP contribution in [-0.4, -0.2) is 36.0 Å². The molecule has 1 unspecified atom stereocenters. The maximum atomic E-state index is 11.4. The first kappa shape index (κ1) is 13.8. The van der Waals surface area contributed by atoms with Gasteiger partial charge in [0.05, 0.1) is 7.11 Å². The minimum absolute atomic E-state index is 0.164. The molecule has 1 atom stereocenters. The first-order valence-electron chi connectivity index (χ1n) is 4.30. The highest BCUT2D eigenvalue weighted by molar-refractivity contribution is 8.38. The van der Waals surface area contributed by atoms with E-state index in [1.807, 2.05) is 26.4 Å². The Bertz CT molecular complexity index is 211. The number of hydrogen-bond donors (Lipinski definition) is 0. The lowest BCUT2D eigenvalue weighted by atomic mass is 10.1. The van der Waals surface area contributed by atoms with Gasteiger partial charge < -0.3 is 4.74 Å². The molecule has 0 fully saturated rings. The lowest BCUT2D eigenvalue weighted by Gasteiger charge is -2.14. The monoisotopic (exact) mass is 235 g/mol. The highest BCUT2D eigenvalue weighted by Gasteiger charge is 2.22. The zero-order valence-corrected chi connectivity index (χ0v) is 10.9. The molecule has 0 saturated heterocycles. The quantitative estimate of drug-likeness (QED) is 0.427. The molecule has 0 amide bonds. The second kappa shape index (κ2) is 7.17. The second-order valence-corrected chi connectivity index (χ2v) is 4.86. The van der Waals surface area contributed by atoms with Crippen LogP contribution in [0.25, 0.3) is 0 Å². The van der Waals surface area contributed by atoms with E-state index >= 15 is 0 Å². The van der Waals surface area contributed by atoms with Crippen molar-refractivity contribution in [1.82, 2.24) is 0 Å². The zero-order valence-electron chi connectivity index (χ0n) is 9.23. The SMILES string of the molecule is COC(=O)C(N=C(SC)SC)C(C)C. The number of hydrogen-bond acceptors (Lipinski definition) is 5. The summed E-state index contributed by atoms with van der Waals surface area (Å²) in [4.78, 5) is 15.7. The van der Waals surface area contributed by atoms with Crippen molar-refractivity contribution in [2.45, 2.75) is 19.9 Å². The molecule has 0 aliphatic rings. The van der Waals surface area contributed by atoms with Crippen LogP contribution in [0, 0.1) is 5.92 Å². The summed E-state index contributed by atoms with van der Waals surface area (Å²) < 4.78 is 5.61. The summed E-state index contributed by atoms with van der Waals surface area (Å²) in [5.41, 5.74) is 0. The summed E-state index contributed by atoms with van der Waals surface area (Å²) >= 11 is 3.10. The van der Waals surface area contributed by atoms with Gasteiger partial charge in [-0.05, 0) is 18.4 Å². The summed E-state index contributed by atoms with van der Waals surface area (Å²) in [5.74, 6) is -0.0997. The van der Waals surface area contributed by atoms with Crippen LogP contribution in [0.2, 0.25) is 0 Å². The van der Waals surface area contributed by atoms with Crippen molar-refractivity contribution in [3.8, 4) is 0 Å². The largest absolute Gasteiger partial charge is 0.467 e. The number of aliphatic imine (C=N–C) groups is 1. The van der Waals surface area contributed by atoms with E-state index in [0.717, 1.165) is 4.38 Å². The number of thioether (sulfide) groups is 2. The Balaban J connectivity index is 4.66. The fourth-order valence-corrected chi connectivity index (χ4v) is 2.00. The Labute approximate surface area is 94.1 Å². The summed E-state index contributed by atoms with van der Waals surface area (Å²) in [6.07, 6.45) is 3.90. The van der Waals surface area contributed by atoms with Crippen LogP contribution < -0.4 is 0 Å². The average Bonchev–Trinajstić information content (AvgIpc) is 2.18. The number of methoxy groups -OCH3 is 1. The molecule has 0 aromatic heterocycles. The predicted octanol–water partition coefficient (Wildman–Crippen LogP) is 2.27. The van der Waals surface area contributed by atoms with Crippen molar-refractivity contribution in [1.29, 1.82) is 0 Å². The molecule has 0 rings (SSSR count). The molecule has 0 aliphatic heterocycles. The smallest absolute Gasteiger partial charge is 0.330 e. The fraction of sp³-hybridized carbons (Fsp3) is 0.778. The van der Waals surface area contributed by atoms with E-state index in [-0.39, 0.29) is 17.9 Å². The van der Waals surface area contributed by atoms with Crippen LogP contribution >= 0.6 is 23.5 Å². The minimum Gasteiger partial charge on any atom is -0.467 e. The number of rotatable bonds is 3. The standard InChI is InChI=1S/C9H17NO2S2/c1-6(2)7(8(11)12-3)10-9(13-4)14-5/h6-7H,1-5H3. The van der Waals surface area contributed by atoms with E-state index in [4.69, 9.17) is 4.74 Å². The summed E-state index contributed by atoms with van der Waals surface area (Å²) in [7, 11) is 1.39. The third kappa shape index (κ3) is 4.37. The van der Waals surface area contributed by atoms with Gasteiger partial charge in [-0.1, -0.05) is 13.8 Å². The van der Waals surface area contributed by atoms with Gasteiger partial charge in [0.2, 0.25) is 0 Å². The summed E-state index contributed by atoms with van der Waals surface area (Å²) in [6, 6.07) is -0.380. The van der Waals surface area contributed by atoms with Crippen LogP contribution in [-0.2, 0) is 9.53 Å². The highest BCUT2D eigenvalue weighted by atomic mass is 32.2. The van der Waals surface area contributed by atoms with Gasteiger partial charge in [0.1, 0.15) is 4.38 Å². The van der Waals surface area contributed by atoms with Gasteiger partial charge in [0.25, 0.3) is 0 Å². The molecular weight excluding hydrogens is 218 g/mol. The number of esters is 1. The van der Waals surface area contributed by atoms with Crippen LogP contribution in [0.3, 0.4) is 0 Å². The van der Waals surface area contributed by atoms with Gasteiger partial charge in [0.15, 0.2) is 6.04 Å². The number of ether oxygens (including phenoxy) is 1. The van der Waals surface area contributed by atoms with Crippen LogP contribution in [0.5, 0.6) is 0 Å². The first-order chi connectivity index (χ1) is 6.56. The molecular formula is C9H17NO2S2. The van der Waals surface area contributed by atoms with Crippen molar-refractivity contribution in [3.05, 3.63) is 0 Å². The van der Waals surface area contributed by atoms with E-state index in [1.165, 1.54) is 7.11 Å². The van der Waals surface area contributed by atoms with E-state index < -0.39 is 0 Å². The van der Waals surface area contributed by atoms with Crippen molar-refractivity contribution >= 4 is 33.9 Å². The van der Waals surface area contributed by atoms with E-state index in [9.17, 15) is 4.79 Å². The third-order valence-corrected chi connectivity index (χ3v) is 3.58. The Morgan fingerprint density at radius 3 is 2.07 bits per heavy atom. The van der Waals surface area contributed by atoms with Crippen molar-refractivity contribution in [2.24, 2.45) is 10.9 Å². The minimum atomic E-state index is -0.380. The maximum Gasteiger partial charge on any atom is 0.330 e. The zero-order chi connectivity index (χ0) is 11.1. The van der Waals surface area contributed by atoms with E-state index in [2.05, 4.69) is 4.99 Å². The van der Waals surface area contributed by atoms with Gasteiger partial charge in [0, 0.05) is 0 Å². The Hall–Kier alpha value is -0.160. The van der Waals surface area contributed by atoms with Crippen LogP contribution in [0.4, 0.5) is 0 Å². The molecule has 0 N–H and O–H groups in total. The molecule has 0 radical (unpaired) electrons. The Morgan fingerprint density at radius 1 is 1.29 bits per heavy atom. The normalized spacial score (nSPS) is 12.4. The van der Waals surface area contributed by atoms with E-state index in [1.54, 1.807) is 23.5 Å². The van der Waals surface area contributed by atoms with Crippen LogP contribution in [0.15, 0.2) is 4.99 Å². The Kier molecular flexibility index (Phi) is 7.09. The van der Waals surface area contributed by atoms with Gasteiger partial charge in [-0.15, -0.1) is 23.5 Å². The molecule has 0 aliphatic carbocycles. The first-order valence-corrected chi connectivity index (χ1v) is 6.75. The molecule has 0 saturated carbocycles. The van der Waals surface area contributed by atoms with Gasteiger partial charge in [-0.2, -0.15) is 0 Å². The van der Waals surface area contributed by atoms with Crippen molar-refractivity contribution in [2.75, 3.05) is 19.6 Å². The van der Waals surface area contributed by atoms with Crippen LogP contribution in [0.1, 0.15) is 13.8 Å². The topological polar surface area (TPSA) is 38.7 Å². The molecule has 82 valence electrons. The third-order valence-electron chi connectivity index (χ3n) is 1.67. The molecule has 0 bridgehead atoms. The molecule has 0 aromatic carbocycles. The summed E-state index contributed by atoms with van der Waals surface area (Å²) in [6.45, 7) is 3.92. The van der Waals surface area contributed by atoms with Crippen molar-refractivity contribution < 1.29 is 9.53 Å². The molecule has 0 spiro atoms. The van der Waals surface area contributed by atoms with Crippen molar-refractivity contribution in [3.63, 3.8) is 0 Å². The molecule has 0 aromatic rings. The van der Waals surface area contributed by atoms with Gasteiger partial charge in [-0.3, -0.25) is 4.99 Å². The Morgan fingerprint density at radius 2 is 1.79 bits per heavy atom. The van der Waals surface area contributed by atoms with Gasteiger partial charge in [-0.25, -0.2) is 4.79 Å². The average molecular weight is 235 g/mol. The maximum absolute atomic E-state index is 11.4. The number of carbonyl (C=O) groups excluding carboxylic acids is 1. The van der Waals surface area contributed by atoms with E-state index in [0.29, 0.717) is 0 Å². The number of nitrogens with zero attached hydrogens (tertiary/aromatic N) is 1. The van der Waals surface area contributed by atoms with Gasteiger partial charge >= 0.3 is 5.97 Å². The lowest BCUT2D eigenvalue weighted by Crippen LogP contribution is -2.26. The highest BCUT2D eigenvalue weighted by Crippen LogP contribution is 2.16. The summed E-state index contributed by atoms with van der Waals surface area (Å²) in [5, 5.41) is 0. The predicted molar refractivity (Wildman–Crippen MR) is 65.1 cm³/mol. The lowest BCUT2D eigenvalue weighted by molar-refractivity contribution is -0.143. The molecule has 14 heavy (non-hydrogen) atoms. The molecule has 0 heterocycles. The fourth-order valence-electron chi connectivity index (χ4n) is 0.897.